The van der Waals surface area contributed by atoms with E-state index in [9.17, 15) is 22.9 Å². The van der Waals surface area contributed by atoms with Gasteiger partial charge in [0, 0.05) is 6.04 Å². The number of nitrogens with one attached hydrogen (secondary N) is 1. The molecule has 0 bridgehead atoms. The zero-order valence-electron chi connectivity index (χ0n) is 20.7. The molecule has 0 heterocycles. The molecular weight excluding hydrogens is 487 g/mol. The number of carboxylic acids is 1. The number of nitrogens with two attached hydrogens (primary N) is 1. The predicted molar refractivity (Wildman–Crippen MR) is 133 cm³/mol. The molecule has 1 unspecified atom stereocenters. The van der Waals surface area contributed by atoms with Crippen LogP contribution < -0.4 is 10.5 Å². The number of hydrogen-bond donors (Lipinski definition) is 6. The summed E-state index contributed by atoms with van der Waals surface area (Å²) in [6.07, 6.45) is 14.3. The number of sulfonamides is 1. The lowest BCUT2D eigenvalue weighted by Gasteiger charge is -2.16. The first-order valence-corrected chi connectivity index (χ1v) is 15.4. The van der Waals surface area contributed by atoms with Gasteiger partial charge in [-0.25, -0.2) is 17.7 Å². The van der Waals surface area contributed by atoms with E-state index in [0.29, 0.717) is 0 Å². The Bertz CT molecular complexity index is 644. The molecule has 34 heavy (non-hydrogen) atoms. The quantitative estimate of drug-likeness (QED) is 0.0940. The highest BCUT2D eigenvalue weighted by atomic mass is 32.2. The van der Waals surface area contributed by atoms with Crippen molar-refractivity contribution in [3.8, 4) is 0 Å². The van der Waals surface area contributed by atoms with Crippen LogP contribution in [0.3, 0.4) is 0 Å². The van der Waals surface area contributed by atoms with Crippen molar-refractivity contribution >= 4 is 23.8 Å². The van der Waals surface area contributed by atoms with E-state index in [1.54, 1.807) is 0 Å². The van der Waals surface area contributed by atoms with Crippen molar-refractivity contribution in [2.24, 2.45) is 5.73 Å². The Morgan fingerprint density at radius 3 is 1.85 bits per heavy atom. The Morgan fingerprint density at radius 2 is 1.41 bits per heavy atom. The van der Waals surface area contributed by atoms with Crippen LogP contribution in [-0.4, -0.2) is 65.4 Å². The number of carboxylic acid groups (broad SMARTS) is 1. The fourth-order valence-corrected chi connectivity index (χ4v) is 4.75. The highest BCUT2D eigenvalue weighted by Gasteiger charge is 2.19. The van der Waals surface area contributed by atoms with E-state index in [1.807, 2.05) is 0 Å². The molecule has 206 valence electrons. The number of aliphatic hydroxyl groups is 1. The number of carbonyl (C=O) groups is 1. The number of rotatable bonds is 21. The van der Waals surface area contributed by atoms with Crippen molar-refractivity contribution in [3.63, 3.8) is 0 Å². The summed E-state index contributed by atoms with van der Waals surface area (Å²) in [7, 11) is -7.85. The molecule has 0 spiro atoms. The number of hydrogen-bond acceptors (Lipinski definition) is 7. The largest absolute Gasteiger partial charge is 0.480 e. The number of aliphatic carboxylic acids is 1. The molecule has 0 rings (SSSR count). The molecule has 0 aromatic carbocycles. The van der Waals surface area contributed by atoms with Gasteiger partial charge >= 0.3 is 13.8 Å². The molecule has 0 aliphatic rings. The van der Waals surface area contributed by atoms with Crippen molar-refractivity contribution in [2.75, 3.05) is 19.0 Å². The summed E-state index contributed by atoms with van der Waals surface area (Å²) in [6, 6.07) is -1.73. The van der Waals surface area contributed by atoms with E-state index >= 15 is 0 Å². The van der Waals surface area contributed by atoms with E-state index in [1.165, 1.54) is 38.5 Å². The van der Waals surface area contributed by atoms with Crippen molar-refractivity contribution in [3.05, 3.63) is 0 Å². The van der Waals surface area contributed by atoms with Crippen LogP contribution in [0, 0.1) is 0 Å². The van der Waals surface area contributed by atoms with E-state index in [-0.39, 0.29) is 18.4 Å². The fraction of sp³-hybridized carbons (Fsp3) is 0.952. The van der Waals surface area contributed by atoms with Crippen LogP contribution in [0.1, 0.15) is 97.3 Å². The lowest BCUT2D eigenvalue weighted by atomic mass is 10.1. The van der Waals surface area contributed by atoms with Crippen molar-refractivity contribution in [2.45, 2.75) is 109 Å². The van der Waals surface area contributed by atoms with E-state index in [2.05, 4.69) is 23.1 Å². The monoisotopic (exact) mass is 534 g/mol. The topological polar surface area (TPSA) is 196 Å². The van der Waals surface area contributed by atoms with Gasteiger partial charge in [-0.05, 0) is 12.8 Å². The summed E-state index contributed by atoms with van der Waals surface area (Å²) in [5.74, 6) is -1.19. The average Bonchev–Trinajstić information content (AvgIpc) is 2.75. The fourth-order valence-electron chi connectivity index (χ4n) is 2.99. The van der Waals surface area contributed by atoms with Crippen LogP contribution in [0.15, 0.2) is 0 Å². The molecule has 13 heteroatoms. The lowest BCUT2D eigenvalue weighted by molar-refractivity contribution is -0.139. The van der Waals surface area contributed by atoms with Gasteiger partial charge in [0.1, 0.15) is 6.04 Å². The Balaban J connectivity index is 0. The van der Waals surface area contributed by atoms with Gasteiger partial charge in [0.2, 0.25) is 10.0 Å². The summed E-state index contributed by atoms with van der Waals surface area (Å²) in [6.45, 7) is 3.54. The van der Waals surface area contributed by atoms with Gasteiger partial charge in [0.05, 0.1) is 19.0 Å². The van der Waals surface area contributed by atoms with Gasteiger partial charge in [-0.1, -0.05) is 84.5 Å². The van der Waals surface area contributed by atoms with Crippen LogP contribution in [0.4, 0.5) is 0 Å². The smallest absolute Gasteiger partial charge is 0.469 e. The molecule has 0 fully saturated rings. The Kier molecular flexibility index (Phi) is 22.7. The number of aliphatic hydroxyl groups excluding tert-OH is 1. The van der Waals surface area contributed by atoms with Crippen molar-refractivity contribution < 1.29 is 42.3 Å². The molecule has 0 radical (unpaired) electrons. The van der Waals surface area contributed by atoms with Gasteiger partial charge in [0.15, 0.2) is 0 Å². The minimum Gasteiger partial charge on any atom is -0.480 e. The molecular formula is C21H47N2O9PS. The molecule has 0 aliphatic carbocycles. The maximum atomic E-state index is 12.0. The molecule has 0 saturated carbocycles. The summed E-state index contributed by atoms with van der Waals surface area (Å²) < 4.78 is 40.5. The maximum absolute atomic E-state index is 12.0. The van der Waals surface area contributed by atoms with Gasteiger partial charge < -0.3 is 25.7 Å². The molecule has 0 aliphatic heterocycles. The highest BCUT2D eigenvalue weighted by molar-refractivity contribution is 7.89. The summed E-state index contributed by atoms with van der Waals surface area (Å²) in [5.41, 5.74) is 4.86. The number of unbranched alkanes of at least 4 members (excludes halogenated alkanes) is 10. The van der Waals surface area contributed by atoms with Crippen LogP contribution >= 0.6 is 7.82 Å². The Hall–Kier alpha value is -0.590. The summed E-state index contributed by atoms with van der Waals surface area (Å²) in [5, 5.41) is 17.5. The third kappa shape index (κ3) is 26.0. The standard InChI is InChI=1S/C18H39NO3S.C3H8NO6P/c1-3-5-7-9-10-11-12-14-16-23(21,22)19-18(17-20)15-13-8-6-4-2;4-2(3(5)6)1-10-11(7,8)9/h18-20H,3-17H2,1-2H3;2H,1,4H2,(H,5,6)(H2,7,8,9)/t;2-/m.0/s1. The first-order valence-electron chi connectivity index (χ1n) is 12.2. The van der Waals surface area contributed by atoms with E-state index in [4.69, 9.17) is 20.6 Å². The zero-order valence-corrected chi connectivity index (χ0v) is 22.4. The van der Waals surface area contributed by atoms with Crippen molar-refractivity contribution in [1.29, 1.82) is 0 Å². The Labute approximate surface area is 205 Å². The van der Waals surface area contributed by atoms with Gasteiger partial charge in [-0.15, -0.1) is 0 Å². The van der Waals surface area contributed by atoms with E-state index < -0.39 is 36.5 Å². The second kappa shape index (κ2) is 21.7. The lowest BCUT2D eigenvalue weighted by Crippen LogP contribution is -2.38. The molecule has 0 saturated heterocycles. The third-order valence-electron chi connectivity index (χ3n) is 4.98. The summed E-state index contributed by atoms with van der Waals surface area (Å²) >= 11 is 0. The molecule has 0 aromatic rings. The maximum Gasteiger partial charge on any atom is 0.469 e. The number of phosphoric acid groups is 1. The zero-order chi connectivity index (χ0) is 26.5. The first-order chi connectivity index (χ1) is 15.9. The number of phosphoric ester groups is 1. The third-order valence-corrected chi connectivity index (χ3v) is 6.98. The predicted octanol–water partition coefficient (Wildman–Crippen LogP) is 2.89. The van der Waals surface area contributed by atoms with Crippen LogP contribution in [0.25, 0.3) is 0 Å². The molecule has 2 atom stereocenters. The average molecular weight is 535 g/mol. The highest BCUT2D eigenvalue weighted by Crippen LogP contribution is 2.35. The Morgan fingerprint density at radius 1 is 0.941 bits per heavy atom. The second-order valence-corrected chi connectivity index (χ2v) is 11.5. The summed E-state index contributed by atoms with van der Waals surface area (Å²) in [4.78, 5) is 26.1. The van der Waals surface area contributed by atoms with Gasteiger partial charge in [-0.3, -0.25) is 9.32 Å². The SMILES string of the molecule is CCCCCCCCCCS(=O)(=O)NC(CO)CCCCCC.N[C@@H](COP(=O)(O)O)C(=O)O. The van der Waals surface area contributed by atoms with Crippen molar-refractivity contribution in [1.82, 2.24) is 4.72 Å². The first kappa shape index (κ1) is 35.6. The molecule has 11 nitrogen and oxygen atoms in total. The molecule has 0 aromatic heterocycles. The van der Waals surface area contributed by atoms with Gasteiger partial charge in [0.25, 0.3) is 0 Å². The van der Waals surface area contributed by atoms with E-state index in [0.717, 1.165) is 44.9 Å². The second-order valence-electron chi connectivity index (χ2n) is 8.37. The van der Waals surface area contributed by atoms with Crippen LogP contribution in [0.2, 0.25) is 0 Å². The van der Waals surface area contributed by atoms with Crippen LogP contribution in [0.5, 0.6) is 0 Å². The van der Waals surface area contributed by atoms with Gasteiger partial charge in [-0.2, -0.15) is 0 Å². The molecule has 0 amide bonds. The normalized spacial score (nSPS) is 13.7. The minimum absolute atomic E-state index is 0.108. The minimum atomic E-state index is -4.60. The molecule has 7 N–H and O–H groups in total. The van der Waals surface area contributed by atoms with Crippen LogP contribution in [-0.2, 0) is 23.9 Å².